The van der Waals surface area contributed by atoms with Crippen molar-refractivity contribution in [3.8, 4) is 27.1 Å². The van der Waals surface area contributed by atoms with Crippen molar-refractivity contribution in [2.45, 2.75) is 50.4 Å². The van der Waals surface area contributed by atoms with Gasteiger partial charge in [0, 0.05) is 67.8 Å². The molecule has 3 aromatic rings. The van der Waals surface area contributed by atoms with E-state index >= 15 is 0 Å². The number of carbonyl (C=O) groups is 1. The van der Waals surface area contributed by atoms with Crippen LogP contribution in [0.5, 0.6) is 0 Å². The molecule has 1 saturated heterocycles. The van der Waals surface area contributed by atoms with Gasteiger partial charge in [0.2, 0.25) is 5.92 Å². The first-order valence-corrected chi connectivity index (χ1v) is 16.5. The van der Waals surface area contributed by atoms with Crippen LogP contribution in [0.1, 0.15) is 50.1 Å². The fourth-order valence-corrected chi connectivity index (χ4v) is 8.27. The molecule has 2 aromatic heterocycles. The van der Waals surface area contributed by atoms with Gasteiger partial charge in [-0.25, -0.2) is 22.2 Å². The third-order valence-corrected chi connectivity index (χ3v) is 11.4. The van der Waals surface area contributed by atoms with Crippen LogP contribution in [0.15, 0.2) is 48.8 Å². The molecule has 3 fully saturated rings. The predicted molar refractivity (Wildman–Crippen MR) is 154 cm³/mol. The smallest absolute Gasteiger partial charge is 0.248 e. The van der Waals surface area contributed by atoms with Crippen LogP contribution in [0.2, 0.25) is 0 Å². The molecule has 6 rings (SSSR count). The molecule has 0 N–H and O–H groups in total. The zero-order valence-corrected chi connectivity index (χ0v) is 24.1. The number of benzene rings is 1. The summed E-state index contributed by atoms with van der Waals surface area (Å²) in [4.78, 5) is 25.5. The van der Waals surface area contributed by atoms with Gasteiger partial charge in [0.15, 0.2) is 9.84 Å². The van der Waals surface area contributed by atoms with E-state index in [1.165, 1.54) is 11.3 Å². The van der Waals surface area contributed by atoms with Gasteiger partial charge in [-0.2, -0.15) is 5.26 Å². The highest BCUT2D eigenvalue weighted by Crippen LogP contribution is 2.53. The molecule has 0 unspecified atom stereocenters. The van der Waals surface area contributed by atoms with Crippen LogP contribution in [0.25, 0.3) is 21.0 Å². The van der Waals surface area contributed by atoms with Crippen molar-refractivity contribution in [2.75, 3.05) is 29.5 Å². The van der Waals surface area contributed by atoms with Crippen molar-refractivity contribution >= 4 is 32.6 Å². The lowest BCUT2D eigenvalue weighted by molar-refractivity contribution is -0.132. The summed E-state index contributed by atoms with van der Waals surface area (Å²) in [5, 5.41) is 10.3. The quantitative estimate of drug-likeness (QED) is 0.335. The Labute approximate surface area is 242 Å². The molecular formula is C30H30F2N4O3S2. The number of sulfone groups is 1. The van der Waals surface area contributed by atoms with E-state index in [2.05, 4.69) is 11.1 Å². The lowest BCUT2D eigenvalue weighted by Gasteiger charge is -2.35. The second kappa shape index (κ2) is 10.6. The molecule has 3 heterocycles. The third kappa shape index (κ3) is 5.90. The van der Waals surface area contributed by atoms with E-state index in [4.69, 9.17) is 4.98 Å². The highest BCUT2D eigenvalue weighted by Gasteiger charge is 2.51. The molecule has 7 nitrogen and oxygen atoms in total. The van der Waals surface area contributed by atoms with E-state index in [0.29, 0.717) is 36.6 Å². The third-order valence-electron chi connectivity index (χ3n) is 8.59. The summed E-state index contributed by atoms with van der Waals surface area (Å²) in [6.45, 7) is 0.867. The number of aromatic nitrogens is 2. The zero-order chi connectivity index (χ0) is 28.8. The van der Waals surface area contributed by atoms with Gasteiger partial charge in [-0.15, -0.1) is 11.3 Å². The van der Waals surface area contributed by atoms with Gasteiger partial charge in [-0.1, -0.05) is 12.1 Å². The summed E-state index contributed by atoms with van der Waals surface area (Å²) in [5.74, 6) is -4.37. The highest BCUT2D eigenvalue weighted by molar-refractivity contribution is 7.91. The summed E-state index contributed by atoms with van der Waals surface area (Å²) in [6.07, 6.45) is 3.93. The van der Waals surface area contributed by atoms with E-state index < -0.39 is 39.4 Å². The molecule has 1 aromatic carbocycles. The Balaban J connectivity index is 1.36. The fraction of sp³-hybridized carbons (Fsp3) is 0.467. The minimum absolute atomic E-state index is 0.00985. The van der Waals surface area contributed by atoms with Crippen molar-refractivity contribution in [1.29, 1.82) is 5.26 Å². The first-order chi connectivity index (χ1) is 19.6. The number of ketones is 1. The number of rotatable bonds is 7. The summed E-state index contributed by atoms with van der Waals surface area (Å²) in [5.41, 5.74) is 2.52. The lowest BCUT2D eigenvalue weighted by Crippen LogP contribution is -2.40. The Morgan fingerprint density at radius 2 is 1.83 bits per heavy atom. The topological polar surface area (TPSA) is 104 Å². The number of carbonyl (C=O) groups excluding carboxylic acids is 1. The summed E-state index contributed by atoms with van der Waals surface area (Å²) < 4.78 is 53.1. The monoisotopic (exact) mass is 596 g/mol. The number of alkyl halides is 2. The van der Waals surface area contributed by atoms with Crippen LogP contribution in [-0.4, -0.2) is 54.7 Å². The van der Waals surface area contributed by atoms with Gasteiger partial charge in [0.05, 0.1) is 33.6 Å². The van der Waals surface area contributed by atoms with Crippen molar-refractivity contribution in [2.24, 2.45) is 11.3 Å². The molecule has 2 atom stereocenters. The standard InChI is InChI=1S/C30H30F2N4O3S2/c31-30(32)8-7-23(24(16-30)25(37)17-29(19-33)9-10-29)26-27(40-28(35-26)21-2-1-11-34-18-21)20-3-5-22(6-4-20)36-12-14-41(38,39)15-13-36/h1-6,11,18,23-24H,7-10,12-17H2/t23-,24-/m1/s1. The summed E-state index contributed by atoms with van der Waals surface area (Å²) in [7, 11) is -3.00. The van der Waals surface area contributed by atoms with E-state index in [9.17, 15) is 27.3 Å². The molecule has 2 aliphatic carbocycles. The molecule has 41 heavy (non-hydrogen) atoms. The van der Waals surface area contributed by atoms with Crippen LogP contribution in [0.3, 0.4) is 0 Å². The second-order valence-electron chi connectivity index (χ2n) is 11.5. The minimum atomic E-state index is -3.00. The summed E-state index contributed by atoms with van der Waals surface area (Å²) >= 11 is 1.45. The number of thiazole rings is 1. The maximum absolute atomic E-state index is 14.7. The SMILES string of the molecule is N#CC1(CC(=O)[C@@H]2CC(F)(F)CC[C@H]2c2nc(-c3cccnc3)sc2-c2ccc(N3CCS(=O)(=O)CC3)cc2)CC1. The van der Waals surface area contributed by atoms with Crippen molar-refractivity contribution in [3.05, 3.63) is 54.5 Å². The highest BCUT2D eigenvalue weighted by atomic mass is 32.2. The minimum Gasteiger partial charge on any atom is -0.369 e. The average Bonchev–Trinajstić information content (AvgIpc) is 3.60. The van der Waals surface area contributed by atoms with Crippen LogP contribution in [0.4, 0.5) is 14.5 Å². The van der Waals surface area contributed by atoms with Gasteiger partial charge < -0.3 is 4.90 Å². The van der Waals surface area contributed by atoms with Crippen LogP contribution in [-0.2, 0) is 14.6 Å². The molecular weight excluding hydrogens is 566 g/mol. The van der Waals surface area contributed by atoms with E-state index in [1.54, 1.807) is 12.4 Å². The van der Waals surface area contributed by atoms with Gasteiger partial charge >= 0.3 is 0 Å². The Morgan fingerprint density at radius 3 is 2.46 bits per heavy atom. The van der Waals surface area contributed by atoms with Crippen molar-refractivity contribution in [1.82, 2.24) is 9.97 Å². The molecule has 0 radical (unpaired) electrons. The molecule has 0 bridgehead atoms. The normalized spacial score (nSPS) is 24.4. The second-order valence-corrected chi connectivity index (χ2v) is 14.8. The van der Waals surface area contributed by atoms with E-state index in [1.807, 2.05) is 41.3 Å². The Hall–Kier alpha value is -3.23. The predicted octanol–water partition coefficient (Wildman–Crippen LogP) is 5.89. The fourth-order valence-electron chi connectivity index (χ4n) is 5.94. The number of nitrogens with zero attached hydrogens (tertiary/aromatic N) is 4. The van der Waals surface area contributed by atoms with Gasteiger partial charge in [0.25, 0.3) is 0 Å². The molecule has 0 amide bonds. The largest absolute Gasteiger partial charge is 0.369 e. The number of hydrogen-bond donors (Lipinski definition) is 0. The van der Waals surface area contributed by atoms with Crippen molar-refractivity contribution in [3.63, 3.8) is 0 Å². The van der Waals surface area contributed by atoms with Crippen molar-refractivity contribution < 1.29 is 22.0 Å². The average molecular weight is 597 g/mol. The molecule has 2 saturated carbocycles. The number of Topliss-reactive ketones (excluding diaryl/α,β-unsaturated/α-hetero) is 1. The first-order valence-electron chi connectivity index (χ1n) is 13.9. The van der Waals surface area contributed by atoms with Crippen LogP contribution < -0.4 is 4.90 Å². The van der Waals surface area contributed by atoms with Gasteiger partial charge in [0.1, 0.15) is 10.8 Å². The lowest BCUT2D eigenvalue weighted by atomic mass is 9.71. The number of halogens is 2. The zero-order valence-electron chi connectivity index (χ0n) is 22.4. The van der Waals surface area contributed by atoms with Gasteiger partial charge in [-0.05, 0) is 49.1 Å². The Bertz CT molecular complexity index is 1580. The molecule has 214 valence electrons. The molecule has 11 heteroatoms. The molecule has 0 spiro atoms. The summed E-state index contributed by atoms with van der Waals surface area (Å²) in [6, 6.07) is 13.7. The molecule has 1 aliphatic heterocycles. The van der Waals surface area contributed by atoms with Crippen LogP contribution >= 0.6 is 11.3 Å². The maximum atomic E-state index is 14.7. The number of anilines is 1. The van der Waals surface area contributed by atoms with Gasteiger partial charge in [-0.3, -0.25) is 9.78 Å². The molecule has 3 aliphatic rings. The van der Waals surface area contributed by atoms with E-state index in [0.717, 1.165) is 21.7 Å². The maximum Gasteiger partial charge on any atom is 0.248 e. The first kappa shape index (κ1) is 27.9. The van der Waals surface area contributed by atoms with E-state index in [-0.39, 0.29) is 36.6 Å². The number of pyridine rings is 1. The number of nitriles is 1. The van der Waals surface area contributed by atoms with Crippen LogP contribution in [0, 0.1) is 22.7 Å². The number of hydrogen-bond acceptors (Lipinski definition) is 8. The Kier molecular flexibility index (Phi) is 7.19. The Morgan fingerprint density at radius 1 is 1.10 bits per heavy atom.